The summed E-state index contributed by atoms with van der Waals surface area (Å²) in [5.74, 6) is 8.15. The van der Waals surface area contributed by atoms with Gasteiger partial charge in [-0.3, -0.25) is 4.98 Å². The van der Waals surface area contributed by atoms with Gasteiger partial charge in [-0.15, -0.1) is 18.2 Å². The Morgan fingerprint density at radius 2 is 1.42 bits per heavy atom. The third-order valence-corrected chi connectivity index (χ3v) is 15.1. The van der Waals surface area contributed by atoms with E-state index in [1.807, 2.05) is 42.5 Å². The normalized spacial score (nSPS) is 12.0. The Bertz CT molecular complexity index is 2910. The monoisotopic (exact) mass is 1030 g/mol. The fourth-order valence-corrected chi connectivity index (χ4v) is 11.4. The van der Waals surface area contributed by atoms with Crippen molar-refractivity contribution in [2.24, 2.45) is 5.41 Å². The van der Waals surface area contributed by atoms with Crippen molar-refractivity contribution >= 4 is 50.6 Å². The minimum Gasteiger partial charge on any atom is -0.501 e. The van der Waals surface area contributed by atoms with Crippen LogP contribution in [0.2, 0.25) is 17.3 Å². The molecule has 0 aliphatic rings. The van der Waals surface area contributed by atoms with Gasteiger partial charge < -0.3 is 8.98 Å². The first-order valence-electron chi connectivity index (χ1n) is 20.6. The fourth-order valence-electron chi connectivity index (χ4n) is 8.11. The number of hydrogen-bond acceptors (Lipinski definition) is 3. The van der Waals surface area contributed by atoms with E-state index < -0.39 is 13.3 Å². The van der Waals surface area contributed by atoms with Gasteiger partial charge in [0.2, 0.25) is 0 Å². The molecule has 3 heterocycles. The van der Waals surface area contributed by atoms with E-state index in [0.29, 0.717) is 5.41 Å². The van der Waals surface area contributed by atoms with E-state index >= 15 is 0 Å². The Morgan fingerprint density at radius 1 is 0.700 bits per heavy atom. The molecule has 0 saturated carbocycles. The molecular weight excluding hydrogens is 971 g/mol. The molecule has 305 valence electrons. The molecule has 4 nitrogen and oxygen atoms in total. The first-order valence-corrected chi connectivity index (χ1v) is 28.0. The maximum atomic E-state index is 6.45. The third kappa shape index (κ3) is 8.86. The fraction of sp³-hybridized carbons (Fsp3) is 0.222. The molecule has 1 radical (unpaired) electrons. The van der Waals surface area contributed by atoms with Crippen molar-refractivity contribution in [1.82, 2.24) is 14.5 Å². The molecule has 0 N–H and O–H groups in total. The van der Waals surface area contributed by atoms with Crippen LogP contribution in [0, 0.1) is 17.5 Å². The zero-order valence-electron chi connectivity index (χ0n) is 36.1. The Labute approximate surface area is 371 Å². The van der Waals surface area contributed by atoms with Crippen LogP contribution in [0.15, 0.2) is 150 Å². The number of fused-ring (bicyclic) bond motifs is 4. The van der Waals surface area contributed by atoms with E-state index in [4.69, 9.17) is 14.4 Å². The van der Waals surface area contributed by atoms with Crippen LogP contribution in [0.5, 0.6) is 0 Å². The second kappa shape index (κ2) is 17.1. The number of nitrogens with zero attached hydrogens (tertiary/aromatic N) is 3. The minimum absolute atomic E-state index is 0. The molecule has 9 rings (SSSR count). The van der Waals surface area contributed by atoms with Crippen molar-refractivity contribution in [3.63, 3.8) is 0 Å². The first-order chi connectivity index (χ1) is 28.2. The number of aromatic nitrogens is 3. The van der Waals surface area contributed by atoms with Crippen molar-refractivity contribution in [3.05, 3.63) is 169 Å². The molecule has 0 unspecified atom stereocenters. The van der Waals surface area contributed by atoms with Crippen LogP contribution in [0.1, 0.15) is 52.7 Å². The second-order valence-corrected chi connectivity index (χ2v) is 29.3. The summed E-state index contributed by atoms with van der Waals surface area (Å²) in [6.07, 6.45) is 3.24. The van der Waals surface area contributed by atoms with Crippen molar-refractivity contribution in [2.45, 2.75) is 70.6 Å². The van der Waals surface area contributed by atoms with Crippen LogP contribution in [0.25, 0.3) is 72.4 Å². The van der Waals surface area contributed by atoms with Gasteiger partial charge in [0.25, 0.3) is 0 Å². The van der Waals surface area contributed by atoms with Gasteiger partial charge in [-0.05, 0) is 34.7 Å². The van der Waals surface area contributed by atoms with Gasteiger partial charge in [-0.1, -0.05) is 111 Å². The molecule has 0 aliphatic carbocycles. The molecule has 0 bridgehead atoms. The molecule has 3 aromatic heterocycles. The third-order valence-electron chi connectivity index (χ3n) is 10.8. The van der Waals surface area contributed by atoms with Crippen LogP contribution < -0.4 is 4.40 Å². The topological polar surface area (TPSA) is 43.9 Å². The summed E-state index contributed by atoms with van der Waals surface area (Å²) < 4.78 is 10.3. The van der Waals surface area contributed by atoms with Crippen molar-refractivity contribution in [2.75, 3.05) is 0 Å². The van der Waals surface area contributed by atoms with Gasteiger partial charge in [-0.2, -0.15) is 0 Å². The molecule has 0 aliphatic heterocycles. The molecule has 0 fully saturated rings. The van der Waals surface area contributed by atoms with E-state index in [-0.39, 0.29) is 25.5 Å². The number of benzene rings is 6. The number of para-hydroxylation sites is 4. The predicted octanol–water partition coefficient (Wildman–Crippen LogP) is 14.0. The Morgan fingerprint density at radius 3 is 2.13 bits per heavy atom. The summed E-state index contributed by atoms with van der Waals surface area (Å²) in [7, 11) is 0. The van der Waals surface area contributed by atoms with Crippen LogP contribution in [-0.4, -0.2) is 27.8 Å². The molecule has 0 spiro atoms. The number of hydrogen-bond donors (Lipinski definition) is 0. The van der Waals surface area contributed by atoms with E-state index in [2.05, 4.69) is 179 Å². The molecule has 60 heavy (non-hydrogen) atoms. The molecule has 6 heteroatoms. The van der Waals surface area contributed by atoms with E-state index in [9.17, 15) is 0 Å². The largest absolute Gasteiger partial charge is 0.501 e. The Kier molecular flexibility index (Phi) is 12.3. The summed E-state index contributed by atoms with van der Waals surface area (Å²) in [6.45, 7) is 13.7. The average molecular weight is 1020 g/mol. The quantitative estimate of drug-likeness (QED) is 0.123. The molecule has 0 saturated heterocycles. The van der Waals surface area contributed by atoms with Gasteiger partial charge in [0.15, 0.2) is 0 Å². The van der Waals surface area contributed by atoms with Gasteiger partial charge in [0, 0.05) is 31.1 Å². The second-order valence-electron chi connectivity index (χ2n) is 18.8. The van der Waals surface area contributed by atoms with Crippen LogP contribution in [-0.2, 0) is 31.9 Å². The zero-order chi connectivity index (χ0) is 41.5. The Balaban J connectivity index is 0.000000212. The van der Waals surface area contributed by atoms with Crippen molar-refractivity contribution in [1.29, 1.82) is 0 Å². The molecule has 0 amide bonds. The van der Waals surface area contributed by atoms with Gasteiger partial charge in [0.1, 0.15) is 5.58 Å². The molecule has 0 atom stereocenters. The first kappa shape index (κ1) is 43.0. The summed E-state index contributed by atoms with van der Waals surface area (Å²) in [5, 5.41) is 2.17. The van der Waals surface area contributed by atoms with Crippen molar-refractivity contribution < 1.29 is 24.5 Å². The number of imidazole rings is 1. The average Bonchev–Trinajstić information content (AvgIpc) is 3.79. The summed E-state index contributed by atoms with van der Waals surface area (Å²) in [4.78, 5) is 9.93. The number of pyridine rings is 1. The number of rotatable bonds is 6. The summed E-state index contributed by atoms with van der Waals surface area (Å²) >= 11 is -1.90. The standard InChI is InChI=1S/C35H27N2O.C19H26GeN.Ir/c1-35(2,3)28-19-12-16-24(23-13-5-4-6-14-23)32(28)37-30-21-9-8-20-29(30)36-34(37)27-18-11-17-26-25-15-7-10-22-31(25)38-33(26)27;1-19(2,3)13-16-12-18(15-10-8-7-9-11-15)21-14-17(16)20(4,5)6;/h4-17,19-22H,1-3H3;7-10,12,14H,13H2,1-6H3;/q2*-1;. The minimum atomic E-state index is -1.90. The van der Waals surface area contributed by atoms with E-state index in [1.54, 1.807) is 0 Å². The Hall–Kier alpha value is -5.07. The maximum Gasteiger partial charge on any atom is 0.120 e. The maximum absolute atomic E-state index is 6.45. The van der Waals surface area contributed by atoms with Gasteiger partial charge in [-0.25, -0.2) is 0 Å². The molecule has 6 aromatic carbocycles. The molecule has 9 aromatic rings. The van der Waals surface area contributed by atoms with E-state index in [1.165, 1.54) is 26.6 Å². The SMILES string of the molecule is CC(C)(C)Cc1cc(-c2[c-]cccc2)nc[c]1[Ge]([CH3])([CH3])[CH3].CC(C)(C)c1cccc(-c2ccccc2)c1-n1c(-c2[c-]ccc3c2oc2ccccc23)nc2ccccc21.[Ir]. The van der Waals surface area contributed by atoms with Crippen molar-refractivity contribution in [3.8, 4) is 39.5 Å². The van der Waals surface area contributed by atoms with Crippen LogP contribution >= 0.6 is 0 Å². The smallest absolute Gasteiger partial charge is 0.120 e. The summed E-state index contributed by atoms with van der Waals surface area (Å²) in [5.41, 5.74) is 13.1. The van der Waals surface area contributed by atoms with Gasteiger partial charge >= 0.3 is 132 Å². The predicted molar refractivity (Wildman–Crippen MR) is 251 cm³/mol. The van der Waals surface area contributed by atoms with Gasteiger partial charge in [0.05, 0.1) is 28.1 Å². The van der Waals surface area contributed by atoms with Crippen LogP contribution in [0.4, 0.5) is 0 Å². The zero-order valence-corrected chi connectivity index (χ0v) is 40.6. The molecular formula is C54H53GeIrN3O-2. The van der Waals surface area contributed by atoms with E-state index in [0.717, 1.165) is 67.7 Å². The van der Waals surface area contributed by atoms with Crippen LogP contribution in [0.3, 0.4) is 0 Å². The summed E-state index contributed by atoms with van der Waals surface area (Å²) in [6, 6.07) is 55.0. The number of furan rings is 1.